The second kappa shape index (κ2) is 50.9. The van der Waals surface area contributed by atoms with Crippen molar-refractivity contribution in [1.82, 2.24) is 0 Å². The van der Waals surface area contributed by atoms with E-state index in [1.54, 1.807) is 0 Å². The van der Waals surface area contributed by atoms with Gasteiger partial charge in [-0.2, -0.15) is 0 Å². The van der Waals surface area contributed by atoms with Crippen LogP contribution < -0.4 is 14.1 Å². The first kappa shape index (κ1) is 69.2. The molecule has 0 nitrogen and oxygen atoms in total. The average Bonchev–Trinajstić information content (AvgIpc) is 0. The predicted molar refractivity (Wildman–Crippen MR) is 14.3 cm³/mol. The van der Waals surface area contributed by atoms with Gasteiger partial charge in [0.05, 0.1) is 0 Å². The Kier molecular flexibility index (Phi) is 503. The van der Waals surface area contributed by atoms with E-state index in [9.17, 15) is 0 Å². The number of hydrogen-bond acceptors (Lipinski definition) is 0. The molecule has 0 fully saturated rings. The van der Waals surface area contributed by atoms with Crippen LogP contribution in [0.5, 0.6) is 0 Å². The van der Waals surface area contributed by atoms with Gasteiger partial charge < -0.3 is 14.1 Å². The molecule has 1 radical (unpaired) electrons. The van der Waals surface area contributed by atoms with Gasteiger partial charge in [0.2, 0.25) is 0 Å². The SMILES string of the molecule is [Al+3].[BaH2].[F-].[F-].[F-].[La].[Zr]. The normalized spacial score (nSPS) is 0. The van der Waals surface area contributed by atoms with E-state index in [4.69, 9.17) is 0 Å². The van der Waals surface area contributed by atoms with Crippen molar-refractivity contribution in [2.45, 2.75) is 0 Å². The molecule has 0 rings (SSSR count). The standard InChI is InChI=1S/Al.Ba.3FH.La.Zr.2H/h;;3*1H;;;;/q+3;;;;;;;;/p-3. The summed E-state index contributed by atoms with van der Waals surface area (Å²) in [5.41, 5.74) is 0. The molecule has 0 aromatic rings. The fraction of sp³-hybridized carbons (Fsp3) is 0. The summed E-state index contributed by atoms with van der Waals surface area (Å²) in [7, 11) is 0. The second-order valence-corrected chi connectivity index (χ2v) is 0. The second-order valence-electron chi connectivity index (χ2n) is 0. The molecule has 0 aromatic heterocycles. The van der Waals surface area contributed by atoms with E-state index in [-0.39, 0.29) is 142 Å². The zero-order valence-electron chi connectivity index (χ0n) is 2.79. The zero-order chi connectivity index (χ0) is 0. The maximum absolute atomic E-state index is 0. The fourth-order valence-corrected chi connectivity index (χ4v) is 0. The van der Waals surface area contributed by atoms with Gasteiger partial charge in [-0.1, -0.05) is 0 Å². The van der Waals surface area contributed by atoms with Crippen molar-refractivity contribution in [3.8, 4) is 0 Å². The topological polar surface area (TPSA) is 0 Å². The van der Waals surface area contributed by atoms with Gasteiger partial charge in [-0.05, 0) is 0 Å². The van der Waals surface area contributed by atoms with E-state index in [0.29, 0.717) is 0 Å². The molecule has 7 heavy (non-hydrogen) atoms. The monoisotopic (exact) mass is 453 g/mol. The van der Waals surface area contributed by atoms with Crippen molar-refractivity contribution in [3.05, 3.63) is 0 Å². The number of rotatable bonds is 0. The van der Waals surface area contributed by atoms with Gasteiger partial charge in [-0.3, -0.25) is 0 Å². The summed E-state index contributed by atoms with van der Waals surface area (Å²) in [5.74, 6) is 0. The third-order valence-corrected chi connectivity index (χ3v) is 0. The van der Waals surface area contributed by atoms with Crippen LogP contribution in [0.15, 0.2) is 0 Å². The first-order valence-corrected chi connectivity index (χ1v) is 0. The van der Waals surface area contributed by atoms with Gasteiger partial charge in [-0.25, -0.2) is 0 Å². The molecule has 0 aliphatic carbocycles. The summed E-state index contributed by atoms with van der Waals surface area (Å²) in [6.45, 7) is 0. The van der Waals surface area contributed by atoms with Gasteiger partial charge in [0.15, 0.2) is 0 Å². The number of hydrogen-bond donors (Lipinski definition) is 0. The molecule has 7 heteroatoms. The van der Waals surface area contributed by atoms with Gasteiger partial charge in [0.25, 0.3) is 0 Å². The molecular weight excluding hydrogens is 451 g/mol. The van der Waals surface area contributed by atoms with Crippen LogP contribution in [0.3, 0.4) is 0 Å². The maximum Gasteiger partial charge on any atom is 0 e. The quantitative estimate of drug-likeness (QED) is 0.320. The van der Waals surface area contributed by atoms with Gasteiger partial charge >= 0.3 is 66.2 Å². The Morgan fingerprint density at radius 3 is 0.714 bits per heavy atom. The molecule has 0 saturated carbocycles. The third-order valence-electron chi connectivity index (χ3n) is 0. The van der Waals surface area contributed by atoms with Crippen molar-refractivity contribution < 1.29 is 75.9 Å². The van der Waals surface area contributed by atoms with Crippen LogP contribution >= 0.6 is 0 Å². The van der Waals surface area contributed by atoms with Crippen molar-refractivity contribution >= 4 is 66.2 Å². The Morgan fingerprint density at radius 2 is 0.714 bits per heavy atom. The summed E-state index contributed by atoms with van der Waals surface area (Å²) in [6, 6.07) is 0. The Bertz CT molecular complexity index is 14.9. The van der Waals surface area contributed by atoms with E-state index >= 15 is 0 Å². The van der Waals surface area contributed by atoms with Crippen LogP contribution in [0.4, 0.5) is 0 Å². The van der Waals surface area contributed by atoms with Crippen molar-refractivity contribution in [2.75, 3.05) is 0 Å². The van der Waals surface area contributed by atoms with E-state index in [2.05, 4.69) is 0 Å². The van der Waals surface area contributed by atoms with Gasteiger partial charge in [0, 0.05) is 61.8 Å². The summed E-state index contributed by atoms with van der Waals surface area (Å²) in [5, 5.41) is 0. The first-order chi connectivity index (χ1) is 0. The Morgan fingerprint density at radius 1 is 0.714 bits per heavy atom. The van der Waals surface area contributed by atoms with Gasteiger partial charge in [-0.15, -0.1) is 0 Å². The van der Waals surface area contributed by atoms with E-state index in [1.807, 2.05) is 0 Å². The van der Waals surface area contributed by atoms with Crippen LogP contribution in [-0.4, -0.2) is 66.2 Å². The van der Waals surface area contributed by atoms with Crippen LogP contribution in [-0.2, 0) is 26.2 Å². The Labute approximate surface area is 138 Å². The predicted octanol–water partition coefficient (Wildman–Crippen LogP) is -10.3. The molecular formula is H2AlBaF3LaZr. The molecule has 0 aliphatic heterocycles. The van der Waals surface area contributed by atoms with Crippen LogP contribution in [0.2, 0.25) is 0 Å². The van der Waals surface area contributed by atoms with Crippen LogP contribution in [0.1, 0.15) is 0 Å². The van der Waals surface area contributed by atoms with Crippen LogP contribution in [0.25, 0.3) is 0 Å². The molecule has 0 N–H and O–H groups in total. The molecule has 0 aliphatic rings. The van der Waals surface area contributed by atoms with Gasteiger partial charge in [0.1, 0.15) is 0 Å². The summed E-state index contributed by atoms with van der Waals surface area (Å²) in [4.78, 5) is 0. The minimum atomic E-state index is 0. The molecule has 0 unspecified atom stereocenters. The minimum Gasteiger partial charge on any atom is -1.00 e. The summed E-state index contributed by atoms with van der Waals surface area (Å²) < 4.78 is 0. The Hall–Kier alpha value is 3.97. The zero-order valence-corrected chi connectivity index (χ0v) is 10.0. The first-order valence-electron chi connectivity index (χ1n) is 0. The summed E-state index contributed by atoms with van der Waals surface area (Å²) in [6.07, 6.45) is 0. The molecule has 35 valence electrons. The Balaban J connectivity index is 0. The molecule has 0 amide bonds. The summed E-state index contributed by atoms with van der Waals surface area (Å²) >= 11 is 0. The molecule has 0 atom stereocenters. The van der Waals surface area contributed by atoms with Crippen molar-refractivity contribution in [3.63, 3.8) is 0 Å². The fourth-order valence-electron chi connectivity index (χ4n) is 0. The molecule has 0 bridgehead atoms. The van der Waals surface area contributed by atoms with Crippen molar-refractivity contribution in [1.29, 1.82) is 0 Å². The molecule has 0 heterocycles. The van der Waals surface area contributed by atoms with E-state index in [1.165, 1.54) is 0 Å². The average molecular weight is 453 g/mol. The van der Waals surface area contributed by atoms with Crippen molar-refractivity contribution in [2.24, 2.45) is 0 Å². The molecule has 0 saturated heterocycles. The molecule has 0 aromatic carbocycles. The maximum atomic E-state index is 0. The number of halogens is 3. The third kappa shape index (κ3) is 40.2. The largest absolute Gasteiger partial charge is 1.00 e. The minimum absolute atomic E-state index is 0. The molecule has 0 spiro atoms. The van der Waals surface area contributed by atoms with E-state index < -0.39 is 0 Å². The van der Waals surface area contributed by atoms with Crippen LogP contribution in [0, 0.1) is 35.6 Å². The smallest absolute Gasteiger partial charge is 0 e. The van der Waals surface area contributed by atoms with E-state index in [0.717, 1.165) is 0 Å².